The third-order valence-electron chi connectivity index (χ3n) is 3.30. The molecule has 1 heterocycles. The number of hydrogen-bond acceptors (Lipinski definition) is 4. The van der Waals surface area contributed by atoms with Crippen LogP contribution in [0.1, 0.15) is 40.0 Å². The van der Waals surface area contributed by atoms with Gasteiger partial charge >= 0.3 is 0 Å². The number of hydrogen-bond donors (Lipinski definition) is 0. The molecular formula is C12H21NO3S. The first-order valence-electron chi connectivity index (χ1n) is 6.03. The van der Waals surface area contributed by atoms with Crippen molar-refractivity contribution in [3.8, 4) is 6.07 Å². The van der Waals surface area contributed by atoms with Crippen LogP contribution >= 0.6 is 0 Å². The van der Waals surface area contributed by atoms with Gasteiger partial charge in [-0.15, -0.1) is 0 Å². The number of rotatable bonds is 5. The van der Waals surface area contributed by atoms with Crippen molar-refractivity contribution in [3.63, 3.8) is 0 Å². The molecule has 1 aliphatic heterocycles. The van der Waals surface area contributed by atoms with E-state index in [1.807, 2.05) is 20.8 Å². The Morgan fingerprint density at radius 2 is 2.12 bits per heavy atom. The molecule has 5 heteroatoms. The largest absolute Gasteiger partial charge is 0.377 e. The molecule has 0 N–H and O–H groups in total. The lowest BCUT2D eigenvalue weighted by Crippen LogP contribution is -2.30. The molecule has 0 amide bonds. The van der Waals surface area contributed by atoms with Gasteiger partial charge in [0.15, 0.2) is 9.84 Å². The van der Waals surface area contributed by atoms with E-state index in [1.54, 1.807) is 0 Å². The highest BCUT2D eigenvalue weighted by Gasteiger charge is 2.35. The van der Waals surface area contributed by atoms with E-state index in [1.165, 1.54) is 0 Å². The third-order valence-corrected chi connectivity index (χ3v) is 5.70. The summed E-state index contributed by atoms with van der Waals surface area (Å²) < 4.78 is 29.4. The molecular weight excluding hydrogens is 238 g/mol. The minimum Gasteiger partial charge on any atom is -0.377 e. The Balaban J connectivity index is 2.49. The second-order valence-corrected chi connectivity index (χ2v) is 7.71. The van der Waals surface area contributed by atoms with Gasteiger partial charge in [0.05, 0.1) is 28.6 Å². The van der Waals surface area contributed by atoms with Gasteiger partial charge in [0.1, 0.15) is 0 Å². The van der Waals surface area contributed by atoms with Gasteiger partial charge in [0.2, 0.25) is 0 Å². The molecule has 0 bridgehead atoms. The van der Waals surface area contributed by atoms with Crippen LogP contribution in [0.2, 0.25) is 0 Å². The normalized spacial score (nSPS) is 25.8. The van der Waals surface area contributed by atoms with Crippen LogP contribution < -0.4 is 0 Å². The predicted molar refractivity (Wildman–Crippen MR) is 66.2 cm³/mol. The zero-order valence-electron chi connectivity index (χ0n) is 10.8. The summed E-state index contributed by atoms with van der Waals surface area (Å²) in [6.45, 7) is 6.02. The van der Waals surface area contributed by atoms with E-state index in [2.05, 4.69) is 6.07 Å². The molecule has 0 aromatic carbocycles. The number of nitriles is 1. The van der Waals surface area contributed by atoms with Crippen LogP contribution in [0, 0.1) is 16.7 Å². The molecule has 0 aromatic heterocycles. The van der Waals surface area contributed by atoms with Gasteiger partial charge in [0.25, 0.3) is 0 Å². The average molecular weight is 259 g/mol. The van der Waals surface area contributed by atoms with Crippen LogP contribution in [0.4, 0.5) is 0 Å². The lowest BCUT2D eigenvalue weighted by molar-refractivity contribution is 0.126. The highest BCUT2D eigenvalue weighted by molar-refractivity contribution is 7.92. The second kappa shape index (κ2) is 5.36. The summed E-state index contributed by atoms with van der Waals surface area (Å²) in [6.07, 6.45) is 1.58. The van der Waals surface area contributed by atoms with Crippen LogP contribution in [0.15, 0.2) is 0 Å². The van der Waals surface area contributed by atoms with Crippen molar-refractivity contribution in [1.82, 2.24) is 0 Å². The molecule has 2 atom stereocenters. The fourth-order valence-electron chi connectivity index (χ4n) is 2.11. The van der Waals surface area contributed by atoms with Crippen molar-refractivity contribution in [2.75, 3.05) is 12.4 Å². The molecule has 1 rings (SSSR count). The first-order chi connectivity index (χ1) is 7.78. The van der Waals surface area contributed by atoms with E-state index in [-0.39, 0.29) is 17.1 Å². The predicted octanol–water partition coefficient (Wildman–Crippen LogP) is 1.91. The summed E-state index contributed by atoms with van der Waals surface area (Å²) in [5.41, 5.74) is -0.437. The van der Waals surface area contributed by atoms with E-state index in [0.29, 0.717) is 25.9 Å². The Labute approximate surface area is 104 Å². The topological polar surface area (TPSA) is 67.2 Å². The molecule has 17 heavy (non-hydrogen) atoms. The smallest absolute Gasteiger partial charge is 0.155 e. The summed E-state index contributed by atoms with van der Waals surface area (Å²) in [4.78, 5) is 0. The molecule has 0 aliphatic carbocycles. The highest BCUT2D eigenvalue weighted by Crippen LogP contribution is 2.25. The van der Waals surface area contributed by atoms with Crippen LogP contribution in [0.3, 0.4) is 0 Å². The number of sulfone groups is 1. The van der Waals surface area contributed by atoms with Gasteiger partial charge < -0.3 is 4.74 Å². The minimum absolute atomic E-state index is 0.163. The van der Waals surface area contributed by atoms with Gasteiger partial charge in [-0.2, -0.15) is 5.26 Å². The van der Waals surface area contributed by atoms with E-state index in [0.717, 1.165) is 0 Å². The average Bonchev–Trinajstić information content (AvgIpc) is 2.64. The minimum atomic E-state index is -3.07. The van der Waals surface area contributed by atoms with Crippen molar-refractivity contribution in [1.29, 1.82) is 5.26 Å². The maximum Gasteiger partial charge on any atom is 0.155 e. The Bertz CT molecular complexity index is 394. The quantitative estimate of drug-likeness (QED) is 0.756. The van der Waals surface area contributed by atoms with Crippen molar-refractivity contribution >= 4 is 9.84 Å². The van der Waals surface area contributed by atoms with Gasteiger partial charge in [-0.1, -0.05) is 0 Å². The maximum atomic E-state index is 12.1. The zero-order chi connectivity index (χ0) is 13.1. The van der Waals surface area contributed by atoms with Gasteiger partial charge in [-0.3, -0.25) is 0 Å². The highest BCUT2D eigenvalue weighted by atomic mass is 32.2. The molecule has 1 fully saturated rings. The Hall–Kier alpha value is -0.600. The lowest BCUT2D eigenvalue weighted by Gasteiger charge is -2.17. The van der Waals surface area contributed by atoms with E-state index >= 15 is 0 Å². The molecule has 98 valence electrons. The van der Waals surface area contributed by atoms with Crippen molar-refractivity contribution < 1.29 is 13.2 Å². The zero-order valence-corrected chi connectivity index (χ0v) is 11.6. The molecule has 2 unspecified atom stereocenters. The Kier molecular flexibility index (Phi) is 4.56. The van der Waals surface area contributed by atoms with E-state index < -0.39 is 15.3 Å². The molecule has 4 nitrogen and oxygen atoms in total. The fourth-order valence-corrected chi connectivity index (χ4v) is 4.07. The van der Waals surface area contributed by atoms with Crippen molar-refractivity contribution in [2.45, 2.75) is 51.4 Å². The van der Waals surface area contributed by atoms with Gasteiger partial charge in [-0.25, -0.2) is 8.42 Å². The molecule has 0 radical (unpaired) electrons. The van der Waals surface area contributed by atoms with Gasteiger partial charge in [-0.05, 0) is 40.0 Å². The van der Waals surface area contributed by atoms with Crippen molar-refractivity contribution in [3.05, 3.63) is 0 Å². The van der Waals surface area contributed by atoms with Crippen molar-refractivity contribution in [2.24, 2.45) is 5.41 Å². The summed E-state index contributed by atoms with van der Waals surface area (Å²) >= 11 is 0. The van der Waals surface area contributed by atoms with Crippen LogP contribution in [-0.2, 0) is 14.6 Å². The lowest BCUT2D eigenvalue weighted by atomic mass is 9.90. The second-order valence-electron chi connectivity index (χ2n) is 5.37. The first-order valence-corrected chi connectivity index (χ1v) is 7.74. The summed E-state index contributed by atoms with van der Waals surface area (Å²) in [5, 5.41) is 8.50. The number of ether oxygens (including phenoxy) is 1. The molecule has 1 saturated heterocycles. The summed E-state index contributed by atoms with van der Waals surface area (Å²) in [5.74, 6) is 0.163. The van der Waals surface area contributed by atoms with E-state index in [4.69, 9.17) is 10.00 Å². The first kappa shape index (κ1) is 14.5. The monoisotopic (exact) mass is 259 g/mol. The molecule has 0 spiro atoms. The van der Waals surface area contributed by atoms with Crippen LogP contribution in [0.5, 0.6) is 0 Å². The Morgan fingerprint density at radius 3 is 2.59 bits per heavy atom. The standard InChI is InChI=1S/C12H21NO3S/c1-10-11(5-7-16-10)17(14,15)8-4-6-12(2,3)9-13/h10-11H,4-8H2,1-3H3. The van der Waals surface area contributed by atoms with Crippen LogP contribution in [-0.4, -0.2) is 32.1 Å². The molecule has 1 aliphatic rings. The maximum absolute atomic E-state index is 12.1. The molecule has 0 saturated carbocycles. The Morgan fingerprint density at radius 1 is 1.47 bits per heavy atom. The summed E-state index contributed by atoms with van der Waals surface area (Å²) in [7, 11) is -3.07. The van der Waals surface area contributed by atoms with Gasteiger partial charge in [0, 0.05) is 6.61 Å². The summed E-state index contributed by atoms with van der Waals surface area (Å²) in [6, 6.07) is 2.19. The molecule has 0 aromatic rings. The SMILES string of the molecule is CC1OCCC1S(=O)(=O)CCCC(C)(C)C#N. The van der Waals surface area contributed by atoms with Crippen LogP contribution in [0.25, 0.3) is 0 Å². The number of nitrogens with zero attached hydrogens (tertiary/aromatic N) is 1. The fraction of sp³-hybridized carbons (Fsp3) is 0.917. The van der Waals surface area contributed by atoms with E-state index in [9.17, 15) is 8.42 Å². The third kappa shape index (κ3) is 3.97.